The van der Waals surface area contributed by atoms with Crippen LogP contribution >= 0.6 is 0 Å². The molecular formula is C39H46F2N6O2. The van der Waals surface area contributed by atoms with Gasteiger partial charge in [-0.1, -0.05) is 24.3 Å². The summed E-state index contributed by atoms with van der Waals surface area (Å²) >= 11 is 0. The number of pyridine rings is 2. The third-order valence-electron chi connectivity index (χ3n) is 9.10. The summed E-state index contributed by atoms with van der Waals surface area (Å²) in [6, 6.07) is 15.9. The van der Waals surface area contributed by atoms with Crippen molar-refractivity contribution in [1.29, 1.82) is 0 Å². The quantitative estimate of drug-likeness (QED) is 0.0771. The summed E-state index contributed by atoms with van der Waals surface area (Å²) in [5, 5.41) is 12.4. The van der Waals surface area contributed by atoms with Crippen LogP contribution in [0.4, 0.5) is 20.2 Å². The molecule has 4 N–H and O–H groups in total. The largest absolute Gasteiger partial charge is 0.388 e. The van der Waals surface area contributed by atoms with Gasteiger partial charge in [-0.3, -0.25) is 19.6 Å². The minimum atomic E-state index is -0.399. The van der Waals surface area contributed by atoms with Gasteiger partial charge in [-0.15, -0.1) is 0 Å². The molecule has 0 radical (unpaired) electrons. The summed E-state index contributed by atoms with van der Waals surface area (Å²) in [5.41, 5.74) is 11.6. The van der Waals surface area contributed by atoms with E-state index in [-0.39, 0.29) is 12.6 Å². The minimum Gasteiger partial charge on any atom is -0.388 e. The predicted molar refractivity (Wildman–Crippen MR) is 192 cm³/mol. The van der Waals surface area contributed by atoms with E-state index in [1.807, 2.05) is 44.3 Å². The molecule has 0 aliphatic heterocycles. The van der Waals surface area contributed by atoms with Crippen LogP contribution in [0.3, 0.4) is 0 Å². The van der Waals surface area contributed by atoms with Crippen LogP contribution in [0.15, 0.2) is 60.9 Å². The van der Waals surface area contributed by atoms with Crippen LogP contribution in [-0.2, 0) is 13.1 Å². The van der Waals surface area contributed by atoms with Gasteiger partial charge in [0.15, 0.2) is 6.29 Å². The monoisotopic (exact) mass is 668 g/mol. The van der Waals surface area contributed by atoms with Gasteiger partial charge in [0.05, 0.1) is 0 Å². The Labute approximate surface area is 287 Å². The molecule has 258 valence electrons. The van der Waals surface area contributed by atoms with Gasteiger partial charge in [-0.25, -0.2) is 8.78 Å². The van der Waals surface area contributed by atoms with Crippen molar-refractivity contribution >= 4 is 23.6 Å². The number of hydrogen-bond donors (Lipinski definition) is 4. The number of aromatic nitrogens is 2. The second-order valence-corrected chi connectivity index (χ2v) is 12.6. The van der Waals surface area contributed by atoms with Gasteiger partial charge >= 0.3 is 0 Å². The summed E-state index contributed by atoms with van der Waals surface area (Å²) in [6.45, 7) is 5.23. The second kappa shape index (κ2) is 17.2. The van der Waals surface area contributed by atoms with E-state index in [0.717, 1.165) is 63.9 Å². The van der Waals surface area contributed by atoms with Crippen molar-refractivity contribution in [1.82, 2.24) is 20.6 Å². The van der Waals surface area contributed by atoms with Crippen molar-refractivity contribution in [2.24, 2.45) is 0 Å². The lowest BCUT2D eigenvalue weighted by Crippen LogP contribution is -2.19. The van der Waals surface area contributed by atoms with E-state index in [4.69, 9.17) is 0 Å². The van der Waals surface area contributed by atoms with Crippen LogP contribution in [0.25, 0.3) is 11.1 Å². The fraction of sp³-hybridized carbons (Fsp3) is 0.385. The third kappa shape index (κ3) is 9.33. The highest BCUT2D eigenvalue weighted by atomic mass is 19.1. The van der Waals surface area contributed by atoms with Gasteiger partial charge in [0, 0.05) is 57.0 Å². The molecule has 6 rings (SSSR count). The van der Waals surface area contributed by atoms with Gasteiger partial charge in [0.2, 0.25) is 0 Å². The Balaban J connectivity index is 0.000000244. The second-order valence-electron chi connectivity index (χ2n) is 12.6. The molecule has 2 heterocycles. The Morgan fingerprint density at radius 1 is 0.796 bits per heavy atom. The first kappa shape index (κ1) is 35.8. The lowest BCUT2D eigenvalue weighted by atomic mass is 9.94. The van der Waals surface area contributed by atoms with E-state index in [9.17, 15) is 18.4 Å². The maximum absolute atomic E-state index is 13.1. The minimum absolute atomic E-state index is 0.221. The summed E-state index contributed by atoms with van der Waals surface area (Å²) in [6.07, 6.45) is 8.84. The Bertz CT molecular complexity index is 1760. The van der Waals surface area contributed by atoms with E-state index < -0.39 is 6.67 Å². The zero-order valence-electron chi connectivity index (χ0n) is 28.5. The molecule has 8 nitrogen and oxygen atoms in total. The van der Waals surface area contributed by atoms with Crippen molar-refractivity contribution in [3.8, 4) is 11.1 Å². The average molecular weight is 669 g/mol. The number of nitrogens with zero attached hydrogens (tertiary/aromatic N) is 2. The Kier molecular flexibility index (Phi) is 12.6. The summed E-state index contributed by atoms with van der Waals surface area (Å²) in [7, 11) is 1.92. The number of carbonyl (C=O) groups is 2. The molecule has 2 saturated carbocycles. The molecule has 0 saturated heterocycles. The number of halogens is 2. The molecule has 2 aliphatic rings. The maximum atomic E-state index is 13.1. The molecule has 0 atom stereocenters. The molecule has 2 aromatic heterocycles. The topological polar surface area (TPSA) is 108 Å². The smallest absolute Gasteiger partial charge is 0.274 e. The number of hydrogen-bond acceptors (Lipinski definition) is 7. The molecule has 2 fully saturated rings. The van der Waals surface area contributed by atoms with Gasteiger partial charge in [-0.05, 0) is 120 Å². The molecule has 0 spiro atoms. The van der Waals surface area contributed by atoms with Crippen LogP contribution in [-0.4, -0.2) is 55.6 Å². The molecule has 2 aromatic carbocycles. The van der Waals surface area contributed by atoms with E-state index in [2.05, 4.69) is 56.4 Å². The SMILES string of the molecule is CNc1cccc(-c2cccc(NC(=O)c3cc(C4CC4)c(CNCCF)cn3)c2C)c1C.O=Cc1cc(C2CC2)c(CNCCF)cn1. The summed E-state index contributed by atoms with van der Waals surface area (Å²) in [5.74, 6) is 0.819. The van der Waals surface area contributed by atoms with Gasteiger partial charge in [-0.2, -0.15) is 0 Å². The fourth-order valence-electron chi connectivity index (χ4n) is 6.08. The number of carbonyl (C=O) groups excluding carboxylic acids is 2. The lowest BCUT2D eigenvalue weighted by Gasteiger charge is -2.16. The first-order valence-electron chi connectivity index (χ1n) is 17.0. The highest BCUT2D eigenvalue weighted by molar-refractivity contribution is 6.04. The maximum Gasteiger partial charge on any atom is 0.274 e. The van der Waals surface area contributed by atoms with Crippen molar-refractivity contribution in [3.05, 3.63) is 106 Å². The van der Waals surface area contributed by atoms with Gasteiger partial charge < -0.3 is 21.3 Å². The first-order valence-corrected chi connectivity index (χ1v) is 17.0. The number of amides is 1. The van der Waals surface area contributed by atoms with Gasteiger partial charge in [0.1, 0.15) is 24.7 Å². The molecular weight excluding hydrogens is 622 g/mol. The molecule has 10 heteroatoms. The normalized spacial score (nSPS) is 13.7. The number of aldehydes is 1. The Morgan fingerprint density at radius 2 is 1.33 bits per heavy atom. The molecule has 4 aromatic rings. The zero-order chi connectivity index (χ0) is 34.8. The van der Waals surface area contributed by atoms with E-state index in [1.54, 1.807) is 12.4 Å². The van der Waals surface area contributed by atoms with E-state index >= 15 is 0 Å². The van der Waals surface area contributed by atoms with Crippen LogP contribution in [0.2, 0.25) is 0 Å². The van der Waals surface area contributed by atoms with Crippen molar-refractivity contribution < 1.29 is 18.4 Å². The van der Waals surface area contributed by atoms with E-state index in [1.165, 1.54) is 24.0 Å². The Hall–Kier alpha value is -4.54. The number of nitrogens with one attached hydrogen (secondary N) is 4. The Morgan fingerprint density at radius 3 is 1.86 bits per heavy atom. The van der Waals surface area contributed by atoms with Crippen LogP contribution in [0.1, 0.15) is 91.9 Å². The lowest BCUT2D eigenvalue weighted by molar-refractivity contribution is 0.102. The fourth-order valence-corrected chi connectivity index (χ4v) is 6.08. The molecule has 0 unspecified atom stereocenters. The van der Waals surface area contributed by atoms with Crippen LogP contribution in [0, 0.1) is 13.8 Å². The number of alkyl halides is 2. The number of rotatable bonds is 15. The van der Waals surface area contributed by atoms with Crippen LogP contribution < -0.4 is 21.3 Å². The number of benzene rings is 2. The average Bonchev–Trinajstić information content (AvgIpc) is 4.05. The summed E-state index contributed by atoms with van der Waals surface area (Å²) in [4.78, 5) is 32.2. The summed E-state index contributed by atoms with van der Waals surface area (Å²) < 4.78 is 24.4. The number of anilines is 2. The standard InChI is InChI=1S/C27H31FN4O.C12H15FN2O/c1-17-21(6-4-8-24(17)29-3)22-7-5-9-25(18(22)2)32-27(33)26-14-23(19-10-11-19)20(16-31-26)15-30-13-12-28;13-3-4-14-6-10-7-15-11(8-16)5-12(10)9-1-2-9/h4-9,14,16,19,29-30H,10-13,15H2,1-3H3,(H,32,33);5,7-9,14H,1-4,6H2. The first-order chi connectivity index (χ1) is 23.9. The van der Waals surface area contributed by atoms with Crippen molar-refractivity contribution in [2.75, 3.05) is 44.1 Å². The third-order valence-corrected chi connectivity index (χ3v) is 9.10. The predicted octanol–water partition coefficient (Wildman–Crippen LogP) is 7.43. The van der Waals surface area contributed by atoms with Crippen molar-refractivity contribution in [2.45, 2.75) is 64.5 Å². The van der Waals surface area contributed by atoms with Gasteiger partial charge in [0.25, 0.3) is 5.91 Å². The zero-order valence-corrected chi connectivity index (χ0v) is 28.5. The molecule has 1 amide bonds. The molecule has 0 bridgehead atoms. The highest BCUT2D eigenvalue weighted by Crippen LogP contribution is 2.42. The highest BCUT2D eigenvalue weighted by Gasteiger charge is 2.28. The molecule has 2 aliphatic carbocycles. The van der Waals surface area contributed by atoms with E-state index in [0.29, 0.717) is 49.4 Å². The van der Waals surface area contributed by atoms with Crippen LogP contribution in [0.5, 0.6) is 0 Å². The van der Waals surface area contributed by atoms with Crippen molar-refractivity contribution in [3.63, 3.8) is 0 Å². The molecule has 49 heavy (non-hydrogen) atoms.